The van der Waals surface area contributed by atoms with Crippen molar-refractivity contribution in [1.29, 1.82) is 0 Å². The average molecular weight is 386 g/mol. The highest BCUT2D eigenvalue weighted by Gasteiger charge is 2.16. The maximum absolute atomic E-state index is 5.40. The Morgan fingerprint density at radius 2 is 1.93 bits per heavy atom. The molecule has 3 rings (SSSR count). The Morgan fingerprint density at radius 1 is 1.11 bits per heavy atom. The third kappa shape index (κ3) is 5.94. The van der Waals surface area contributed by atoms with Gasteiger partial charge in [0.2, 0.25) is 0 Å². The van der Waals surface area contributed by atoms with Gasteiger partial charge < -0.3 is 24.5 Å². The van der Waals surface area contributed by atoms with Crippen molar-refractivity contribution < 1.29 is 13.9 Å². The van der Waals surface area contributed by atoms with Gasteiger partial charge >= 0.3 is 0 Å². The summed E-state index contributed by atoms with van der Waals surface area (Å²) in [6.07, 6.45) is 8.41. The first-order chi connectivity index (χ1) is 13.8. The number of methoxy groups -OCH3 is 2. The summed E-state index contributed by atoms with van der Waals surface area (Å²) in [4.78, 5) is 4.74. The Kier molecular flexibility index (Phi) is 7.64. The first kappa shape index (κ1) is 20.1. The molecule has 0 bridgehead atoms. The van der Waals surface area contributed by atoms with Crippen molar-refractivity contribution in [2.24, 2.45) is 4.99 Å². The van der Waals surface area contributed by atoms with Gasteiger partial charge in [-0.1, -0.05) is 18.9 Å². The Labute approximate surface area is 167 Å². The predicted molar refractivity (Wildman–Crippen MR) is 111 cm³/mol. The van der Waals surface area contributed by atoms with Crippen LogP contribution in [0.2, 0.25) is 0 Å². The van der Waals surface area contributed by atoms with E-state index in [4.69, 9.17) is 18.9 Å². The summed E-state index contributed by atoms with van der Waals surface area (Å²) < 4.78 is 16.1. The van der Waals surface area contributed by atoms with Crippen molar-refractivity contribution in [2.75, 3.05) is 27.3 Å². The van der Waals surface area contributed by atoms with Crippen molar-refractivity contribution in [3.05, 3.63) is 47.9 Å². The number of nitrogens with zero attached hydrogens (tertiary/aromatic N) is 1. The topological polar surface area (TPSA) is 68.0 Å². The average Bonchev–Trinajstić information content (AvgIpc) is 3.42. The van der Waals surface area contributed by atoms with Gasteiger partial charge in [-0.15, -0.1) is 0 Å². The van der Waals surface area contributed by atoms with E-state index in [1.165, 1.54) is 31.2 Å². The molecule has 6 heteroatoms. The highest BCUT2D eigenvalue weighted by molar-refractivity contribution is 5.80. The van der Waals surface area contributed by atoms with Crippen LogP contribution < -0.4 is 20.1 Å². The second-order valence-corrected chi connectivity index (χ2v) is 7.05. The van der Waals surface area contributed by atoms with Gasteiger partial charge in [-0.3, -0.25) is 4.99 Å². The van der Waals surface area contributed by atoms with Gasteiger partial charge in [0.15, 0.2) is 17.5 Å². The molecule has 28 heavy (non-hydrogen) atoms. The molecule has 1 heterocycles. The molecule has 1 fully saturated rings. The lowest BCUT2D eigenvalue weighted by Crippen LogP contribution is -2.43. The van der Waals surface area contributed by atoms with Crippen LogP contribution in [0.25, 0.3) is 0 Å². The monoisotopic (exact) mass is 385 g/mol. The minimum atomic E-state index is 0.524. The Balaban J connectivity index is 1.54. The molecule has 1 aromatic carbocycles. The molecular weight excluding hydrogens is 354 g/mol. The fourth-order valence-corrected chi connectivity index (χ4v) is 3.51. The van der Waals surface area contributed by atoms with Gasteiger partial charge in [0.1, 0.15) is 5.76 Å². The number of rotatable bonds is 9. The smallest absolute Gasteiger partial charge is 0.191 e. The van der Waals surface area contributed by atoms with E-state index in [0.717, 1.165) is 42.6 Å². The van der Waals surface area contributed by atoms with Crippen LogP contribution in [0.15, 0.2) is 46.0 Å². The SMILES string of the molecule is COc1ccc(CCNC(=NCCc2ccco2)NC2CCCC2)cc1OC. The highest BCUT2D eigenvalue weighted by Crippen LogP contribution is 2.27. The summed E-state index contributed by atoms with van der Waals surface area (Å²) in [5.41, 5.74) is 1.20. The Morgan fingerprint density at radius 3 is 2.64 bits per heavy atom. The van der Waals surface area contributed by atoms with Crippen LogP contribution in [0.4, 0.5) is 0 Å². The molecule has 0 unspecified atom stereocenters. The second-order valence-electron chi connectivity index (χ2n) is 7.05. The third-order valence-corrected chi connectivity index (χ3v) is 5.06. The molecule has 0 amide bonds. The zero-order valence-corrected chi connectivity index (χ0v) is 16.9. The van der Waals surface area contributed by atoms with Gasteiger partial charge in [-0.25, -0.2) is 0 Å². The molecule has 0 spiro atoms. The molecule has 2 aromatic rings. The molecule has 2 N–H and O–H groups in total. The summed E-state index contributed by atoms with van der Waals surface area (Å²) in [7, 11) is 3.31. The van der Waals surface area contributed by atoms with E-state index >= 15 is 0 Å². The van der Waals surface area contributed by atoms with Gasteiger partial charge in [-0.2, -0.15) is 0 Å². The molecule has 0 atom stereocenters. The maximum Gasteiger partial charge on any atom is 0.191 e. The van der Waals surface area contributed by atoms with Crippen molar-refractivity contribution in [3.63, 3.8) is 0 Å². The molecule has 0 aliphatic heterocycles. The number of ether oxygens (including phenoxy) is 2. The molecule has 1 aliphatic rings. The fraction of sp³-hybridized carbons (Fsp3) is 0.500. The molecule has 1 aromatic heterocycles. The van der Waals surface area contributed by atoms with Crippen LogP contribution in [0.5, 0.6) is 11.5 Å². The van der Waals surface area contributed by atoms with E-state index in [1.807, 2.05) is 24.3 Å². The number of hydrogen-bond acceptors (Lipinski definition) is 4. The quantitative estimate of drug-likeness (QED) is 0.510. The largest absolute Gasteiger partial charge is 0.493 e. The van der Waals surface area contributed by atoms with Crippen molar-refractivity contribution in [2.45, 2.75) is 44.6 Å². The van der Waals surface area contributed by atoms with Crippen molar-refractivity contribution >= 4 is 5.96 Å². The van der Waals surface area contributed by atoms with Crippen molar-refractivity contribution in [1.82, 2.24) is 10.6 Å². The number of hydrogen-bond donors (Lipinski definition) is 2. The lowest BCUT2D eigenvalue weighted by Gasteiger charge is -2.17. The summed E-state index contributed by atoms with van der Waals surface area (Å²) in [5, 5.41) is 7.06. The zero-order valence-electron chi connectivity index (χ0n) is 16.9. The van der Waals surface area contributed by atoms with Crippen LogP contribution in [0, 0.1) is 0 Å². The predicted octanol–water partition coefficient (Wildman–Crippen LogP) is 3.56. The molecular formula is C22H31N3O3. The summed E-state index contributed by atoms with van der Waals surface area (Å²) >= 11 is 0. The zero-order chi connectivity index (χ0) is 19.6. The van der Waals surface area contributed by atoms with Crippen molar-refractivity contribution in [3.8, 4) is 11.5 Å². The Bertz CT molecular complexity index is 737. The molecule has 6 nitrogen and oxygen atoms in total. The normalized spacial score (nSPS) is 14.9. The lowest BCUT2D eigenvalue weighted by atomic mass is 10.1. The molecule has 1 saturated carbocycles. The van der Waals surface area contributed by atoms with E-state index in [0.29, 0.717) is 12.6 Å². The number of benzene rings is 1. The van der Waals surface area contributed by atoms with Crippen LogP contribution >= 0.6 is 0 Å². The lowest BCUT2D eigenvalue weighted by molar-refractivity contribution is 0.354. The third-order valence-electron chi connectivity index (χ3n) is 5.06. The number of furan rings is 1. The summed E-state index contributed by atoms with van der Waals surface area (Å²) in [6, 6.07) is 10.5. The molecule has 0 radical (unpaired) electrons. The van der Waals surface area contributed by atoms with Crippen LogP contribution in [-0.2, 0) is 12.8 Å². The fourth-order valence-electron chi connectivity index (χ4n) is 3.51. The van der Waals surface area contributed by atoms with E-state index < -0.39 is 0 Å². The van der Waals surface area contributed by atoms with Crippen LogP contribution in [-0.4, -0.2) is 39.3 Å². The first-order valence-corrected chi connectivity index (χ1v) is 10.1. The minimum absolute atomic E-state index is 0.524. The van der Waals surface area contributed by atoms with E-state index in [2.05, 4.69) is 16.7 Å². The Hall–Kier alpha value is -2.63. The molecule has 0 saturated heterocycles. The highest BCUT2D eigenvalue weighted by atomic mass is 16.5. The number of nitrogens with one attached hydrogen (secondary N) is 2. The van der Waals surface area contributed by atoms with Crippen LogP contribution in [0.1, 0.15) is 37.0 Å². The standard InChI is InChI=1S/C22H31N3O3/c1-26-20-10-9-17(16-21(20)27-2)11-13-23-22(25-18-6-3-4-7-18)24-14-12-19-8-5-15-28-19/h5,8-10,15-16,18H,3-4,6-7,11-14H2,1-2H3,(H2,23,24,25). The van der Waals surface area contributed by atoms with Gasteiger partial charge in [0.05, 0.1) is 20.5 Å². The molecule has 1 aliphatic carbocycles. The molecule has 152 valence electrons. The first-order valence-electron chi connectivity index (χ1n) is 10.1. The van der Waals surface area contributed by atoms with Gasteiger partial charge in [0.25, 0.3) is 0 Å². The van der Waals surface area contributed by atoms with E-state index in [9.17, 15) is 0 Å². The van der Waals surface area contributed by atoms with Gasteiger partial charge in [0, 0.05) is 25.6 Å². The van der Waals surface area contributed by atoms with E-state index in [1.54, 1.807) is 20.5 Å². The second kappa shape index (κ2) is 10.6. The number of guanidine groups is 1. The summed E-state index contributed by atoms with van der Waals surface area (Å²) in [6.45, 7) is 1.50. The number of aliphatic imine (C=N–C) groups is 1. The maximum atomic E-state index is 5.40. The summed E-state index contributed by atoms with van der Waals surface area (Å²) in [5.74, 6) is 3.37. The van der Waals surface area contributed by atoms with Gasteiger partial charge in [-0.05, 0) is 49.1 Å². The van der Waals surface area contributed by atoms with Crippen LogP contribution in [0.3, 0.4) is 0 Å². The van der Waals surface area contributed by atoms with E-state index in [-0.39, 0.29) is 0 Å². The minimum Gasteiger partial charge on any atom is -0.493 e.